The Hall–Kier alpha value is -3.50. The highest BCUT2D eigenvalue weighted by molar-refractivity contribution is 9.09. The van der Waals surface area contributed by atoms with Crippen molar-refractivity contribution in [3.63, 3.8) is 0 Å². The first-order valence-corrected chi connectivity index (χ1v) is 13.4. The molecule has 202 valence electrons. The second kappa shape index (κ2) is 12.4. The van der Waals surface area contributed by atoms with Gasteiger partial charge in [-0.1, -0.05) is 46.8 Å². The fourth-order valence-corrected chi connectivity index (χ4v) is 4.84. The van der Waals surface area contributed by atoms with E-state index in [1.807, 2.05) is 30.3 Å². The van der Waals surface area contributed by atoms with Crippen LogP contribution in [0.2, 0.25) is 0 Å². The summed E-state index contributed by atoms with van der Waals surface area (Å²) in [5.74, 6) is 1.10. The molecule has 38 heavy (non-hydrogen) atoms. The third kappa shape index (κ3) is 5.51. The number of hydrogen-bond acceptors (Lipinski definition) is 7. The normalized spacial score (nSPS) is 18.5. The van der Waals surface area contributed by atoms with E-state index >= 15 is 0 Å². The molecule has 0 aliphatic carbocycles. The highest BCUT2D eigenvalue weighted by atomic mass is 79.9. The SMILES string of the molecule is C=CCOC(=O)N1c2cc(OCCCBr)c(OC)cc2C(=O)N2CC=C(c3ccc(OC)cc3)C[C@H]2C1O. The number of amides is 2. The molecule has 2 heterocycles. The molecular formula is C28H31BrN2O7. The van der Waals surface area contributed by atoms with Crippen LogP contribution in [0.25, 0.3) is 5.57 Å². The Morgan fingerprint density at radius 3 is 2.61 bits per heavy atom. The number of halogens is 1. The minimum absolute atomic E-state index is 0.0541. The Morgan fingerprint density at radius 1 is 1.18 bits per heavy atom. The zero-order valence-electron chi connectivity index (χ0n) is 21.4. The fraction of sp³-hybridized carbons (Fsp3) is 0.357. The van der Waals surface area contributed by atoms with E-state index in [9.17, 15) is 14.7 Å². The summed E-state index contributed by atoms with van der Waals surface area (Å²) >= 11 is 3.38. The number of carbonyl (C=O) groups excluding carboxylic acids is 2. The highest BCUT2D eigenvalue weighted by Gasteiger charge is 2.44. The molecule has 0 fully saturated rings. The van der Waals surface area contributed by atoms with E-state index in [1.165, 1.54) is 13.2 Å². The zero-order chi connectivity index (χ0) is 27.2. The summed E-state index contributed by atoms with van der Waals surface area (Å²) < 4.78 is 22.0. The number of methoxy groups -OCH3 is 2. The van der Waals surface area contributed by atoms with E-state index in [0.29, 0.717) is 24.5 Å². The smallest absolute Gasteiger partial charge is 0.416 e. The van der Waals surface area contributed by atoms with Gasteiger partial charge in [0.2, 0.25) is 0 Å². The van der Waals surface area contributed by atoms with Gasteiger partial charge >= 0.3 is 6.09 Å². The Morgan fingerprint density at radius 2 is 1.95 bits per heavy atom. The molecule has 2 atom stereocenters. The minimum Gasteiger partial charge on any atom is -0.497 e. The van der Waals surface area contributed by atoms with E-state index in [1.54, 1.807) is 24.1 Å². The first kappa shape index (κ1) is 27.5. The van der Waals surface area contributed by atoms with Crippen molar-refractivity contribution in [2.24, 2.45) is 0 Å². The van der Waals surface area contributed by atoms with Gasteiger partial charge in [0.15, 0.2) is 17.7 Å². The van der Waals surface area contributed by atoms with Gasteiger partial charge in [-0.25, -0.2) is 9.69 Å². The van der Waals surface area contributed by atoms with Crippen molar-refractivity contribution < 1.29 is 33.6 Å². The molecule has 2 aromatic carbocycles. The second-order valence-corrected chi connectivity index (χ2v) is 9.54. The molecule has 0 saturated carbocycles. The summed E-state index contributed by atoms with van der Waals surface area (Å²) in [5, 5.41) is 12.4. The first-order chi connectivity index (χ1) is 18.4. The summed E-state index contributed by atoms with van der Waals surface area (Å²) in [4.78, 5) is 29.8. The Bertz CT molecular complexity index is 1210. The largest absolute Gasteiger partial charge is 0.497 e. The van der Waals surface area contributed by atoms with Crippen LogP contribution in [-0.2, 0) is 4.74 Å². The van der Waals surface area contributed by atoms with Gasteiger partial charge < -0.3 is 29.0 Å². The standard InChI is InChI=1S/C28H31BrN2O7/c1-4-13-38-28(34)31-22-17-25(37-14-5-11-29)24(36-3)16-21(22)26(32)30-12-10-19(15-23(30)27(31)33)18-6-8-20(35-2)9-7-18/h4,6-10,16-17,23,27,33H,1,5,11-15H2,2-3H3/t23-,27?/m0/s1. The van der Waals surface area contributed by atoms with Gasteiger partial charge in [0.25, 0.3) is 5.91 Å². The molecule has 0 aromatic heterocycles. The Labute approximate surface area is 230 Å². The average Bonchev–Trinajstić information content (AvgIpc) is 3.03. The van der Waals surface area contributed by atoms with Gasteiger partial charge in [-0.3, -0.25) is 4.79 Å². The van der Waals surface area contributed by atoms with Crippen LogP contribution in [0.15, 0.2) is 55.1 Å². The lowest BCUT2D eigenvalue weighted by atomic mass is 9.92. The summed E-state index contributed by atoms with van der Waals surface area (Å²) in [5.41, 5.74) is 2.28. The van der Waals surface area contributed by atoms with Gasteiger partial charge in [0, 0.05) is 17.9 Å². The van der Waals surface area contributed by atoms with Gasteiger partial charge in [-0.15, -0.1) is 0 Å². The number of rotatable bonds is 9. The molecule has 1 N–H and O–H groups in total. The number of hydrogen-bond donors (Lipinski definition) is 1. The van der Waals surface area contributed by atoms with Crippen molar-refractivity contribution in [1.29, 1.82) is 0 Å². The molecule has 0 saturated heterocycles. The van der Waals surface area contributed by atoms with E-state index < -0.39 is 18.4 Å². The third-order valence-corrected chi connectivity index (χ3v) is 7.08. The molecule has 9 nitrogen and oxygen atoms in total. The van der Waals surface area contributed by atoms with E-state index in [-0.39, 0.29) is 30.3 Å². The van der Waals surface area contributed by atoms with Crippen LogP contribution in [0.4, 0.5) is 10.5 Å². The van der Waals surface area contributed by atoms with Gasteiger partial charge in [-0.2, -0.15) is 0 Å². The fourth-order valence-electron chi connectivity index (χ4n) is 4.61. The van der Waals surface area contributed by atoms with Crippen LogP contribution in [0.3, 0.4) is 0 Å². The van der Waals surface area contributed by atoms with Gasteiger partial charge in [-0.05, 0) is 42.2 Å². The van der Waals surface area contributed by atoms with Gasteiger partial charge in [0.05, 0.1) is 38.1 Å². The highest BCUT2D eigenvalue weighted by Crippen LogP contribution is 2.42. The number of aliphatic hydroxyl groups excluding tert-OH is 1. The number of ether oxygens (including phenoxy) is 4. The summed E-state index contributed by atoms with van der Waals surface area (Å²) in [6.07, 6.45) is 2.28. The zero-order valence-corrected chi connectivity index (χ0v) is 23.0. The quantitative estimate of drug-likeness (QED) is 0.260. The van der Waals surface area contributed by atoms with Crippen molar-refractivity contribution in [1.82, 2.24) is 4.90 Å². The molecule has 0 bridgehead atoms. The molecule has 10 heteroatoms. The third-order valence-electron chi connectivity index (χ3n) is 6.52. The lowest BCUT2D eigenvalue weighted by Gasteiger charge is -2.38. The maximum atomic E-state index is 13.8. The molecule has 0 spiro atoms. The van der Waals surface area contributed by atoms with Crippen molar-refractivity contribution >= 4 is 39.2 Å². The van der Waals surface area contributed by atoms with Crippen molar-refractivity contribution in [3.05, 3.63) is 66.3 Å². The van der Waals surface area contributed by atoms with Crippen LogP contribution < -0.4 is 19.1 Å². The van der Waals surface area contributed by atoms with Crippen LogP contribution in [0.1, 0.15) is 28.8 Å². The number of aliphatic hydroxyl groups is 1. The minimum atomic E-state index is -1.39. The molecule has 2 aliphatic heterocycles. The summed E-state index contributed by atoms with van der Waals surface area (Å²) in [7, 11) is 3.09. The molecule has 2 aliphatic rings. The maximum Gasteiger partial charge on any atom is 0.416 e. The maximum absolute atomic E-state index is 13.8. The van der Waals surface area contributed by atoms with Crippen molar-refractivity contribution in [2.45, 2.75) is 25.1 Å². The monoisotopic (exact) mass is 586 g/mol. The number of fused-ring (bicyclic) bond motifs is 2. The number of benzene rings is 2. The number of nitrogens with zero attached hydrogens (tertiary/aromatic N) is 2. The van der Waals surface area contributed by atoms with Crippen LogP contribution in [0, 0.1) is 0 Å². The molecule has 1 unspecified atom stereocenters. The van der Waals surface area contributed by atoms with E-state index in [2.05, 4.69) is 22.5 Å². The van der Waals surface area contributed by atoms with E-state index in [4.69, 9.17) is 18.9 Å². The number of alkyl halides is 1. The van der Waals surface area contributed by atoms with Crippen LogP contribution in [0.5, 0.6) is 17.2 Å². The predicted octanol–water partition coefficient (Wildman–Crippen LogP) is 4.63. The molecule has 4 rings (SSSR count). The Balaban J connectivity index is 1.77. The van der Waals surface area contributed by atoms with Crippen LogP contribution in [-0.4, -0.2) is 73.6 Å². The van der Waals surface area contributed by atoms with E-state index in [0.717, 1.165) is 33.5 Å². The topological polar surface area (TPSA) is 97.8 Å². The molecule has 2 aromatic rings. The predicted molar refractivity (Wildman–Crippen MR) is 147 cm³/mol. The number of carbonyl (C=O) groups is 2. The second-order valence-electron chi connectivity index (χ2n) is 8.75. The molecular weight excluding hydrogens is 556 g/mol. The van der Waals surface area contributed by atoms with Gasteiger partial charge in [0.1, 0.15) is 12.4 Å². The van der Waals surface area contributed by atoms with Crippen LogP contribution >= 0.6 is 15.9 Å². The summed E-state index contributed by atoms with van der Waals surface area (Å²) in [6.45, 7) is 4.18. The first-order valence-electron chi connectivity index (χ1n) is 12.2. The Kier molecular flexibility index (Phi) is 8.96. The average molecular weight is 587 g/mol. The van der Waals surface area contributed by atoms with Crippen molar-refractivity contribution in [3.8, 4) is 17.2 Å². The molecule has 0 radical (unpaired) electrons. The molecule has 2 amide bonds. The van der Waals surface area contributed by atoms with Crippen molar-refractivity contribution in [2.75, 3.05) is 44.2 Å². The lowest BCUT2D eigenvalue weighted by Crippen LogP contribution is -2.54. The summed E-state index contributed by atoms with van der Waals surface area (Å²) in [6, 6.07) is 9.94. The lowest BCUT2D eigenvalue weighted by molar-refractivity contribution is 0.0397. The number of anilines is 1.